The van der Waals surface area contributed by atoms with E-state index in [0.29, 0.717) is 43.1 Å². The van der Waals surface area contributed by atoms with Crippen LogP contribution < -0.4 is 0 Å². The lowest BCUT2D eigenvalue weighted by Crippen LogP contribution is -2.50. The van der Waals surface area contributed by atoms with E-state index < -0.39 is 5.60 Å². The Hall–Kier alpha value is -3.53. The first kappa shape index (κ1) is 29.0. The Labute approximate surface area is 242 Å². The number of hydrogen-bond donors (Lipinski definition) is 0. The minimum Gasteiger partial charge on any atom is -0.444 e. The van der Waals surface area contributed by atoms with Crippen LogP contribution in [0.1, 0.15) is 80.0 Å². The summed E-state index contributed by atoms with van der Waals surface area (Å²) in [5.74, 6) is 0.461. The lowest BCUT2D eigenvalue weighted by molar-refractivity contribution is 0.0141. The number of hydrogen-bond acceptors (Lipinski definition) is 7. The third-order valence-corrected chi connectivity index (χ3v) is 8.04. The van der Waals surface area contributed by atoms with Crippen LogP contribution in [0.25, 0.3) is 11.4 Å². The van der Waals surface area contributed by atoms with E-state index in [1.165, 1.54) is 0 Å². The number of nitrogens with zero attached hydrogens (tertiary/aromatic N) is 5. The second-order valence-corrected chi connectivity index (χ2v) is 12.2. The number of carbonyl (C=O) groups excluding carboxylic acids is 3. The average Bonchev–Trinajstić information content (AvgIpc) is 3.82. The zero-order chi connectivity index (χ0) is 29.1. The maximum Gasteiger partial charge on any atom is 0.410 e. The minimum atomic E-state index is -0.530. The summed E-state index contributed by atoms with van der Waals surface area (Å²) < 4.78 is 10.9. The molecule has 1 aromatic heterocycles. The van der Waals surface area contributed by atoms with E-state index in [0.717, 1.165) is 44.1 Å². The first-order valence-corrected chi connectivity index (χ1v) is 14.7. The molecule has 10 nitrogen and oxygen atoms in total. The molecule has 0 bridgehead atoms. The molecule has 220 valence electrons. The SMILES string of the molecule is COC1CCN(C(=O)c2ccc(-c3ncc(C(=O)N(C4CC4)C4CCN(C(=O)OC(C)(C)C)CC4)cn3)cc2)CC1. The fourth-order valence-electron chi connectivity index (χ4n) is 5.61. The number of aromatic nitrogens is 2. The van der Waals surface area contributed by atoms with Gasteiger partial charge in [-0.2, -0.15) is 0 Å². The molecule has 0 spiro atoms. The van der Waals surface area contributed by atoms with E-state index in [-0.39, 0.29) is 36.1 Å². The summed E-state index contributed by atoms with van der Waals surface area (Å²) in [5, 5.41) is 0. The van der Waals surface area contributed by atoms with Gasteiger partial charge in [0.1, 0.15) is 5.60 Å². The Morgan fingerprint density at radius 1 is 0.805 bits per heavy atom. The molecule has 2 saturated heterocycles. The monoisotopic (exact) mass is 563 g/mol. The van der Waals surface area contributed by atoms with Gasteiger partial charge in [0.25, 0.3) is 11.8 Å². The van der Waals surface area contributed by atoms with Crippen molar-refractivity contribution < 1.29 is 23.9 Å². The molecule has 3 aliphatic rings. The van der Waals surface area contributed by atoms with Gasteiger partial charge in [0.05, 0.1) is 11.7 Å². The summed E-state index contributed by atoms with van der Waals surface area (Å²) in [7, 11) is 1.72. The van der Waals surface area contributed by atoms with E-state index in [1.54, 1.807) is 36.5 Å². The molecular formula is C31H41N5O5. The first-order valence-electron chi connectivity index (χ1n) is 14.7. The fraction of sp³-hybridized carbons (Fsp3) is 0.581. The Bertz CT molecular complexity index is 1220. The van der Waals surface area contributed by atoms with Gasteiger partial charge in [-0.1, -0.05) is 12.1 Å². The summed E-state index contributed by atoms with van der Waals surface area (Å²) >= 11 is 0. The van der Waals surface area contributed by atoms with E-state index in [4.69, 9.17) is 9.47 Å². The number of methoxy groups -OCH3 is 1. The van der Waals surface area contributed by atoms with Gasteiger partial charge in [0.2, 0.25) is 0 Å². The lowest BCUT2D eigenvalue weighted by Gasteiger charge is -2.39. The number of likely N-dealkylation sites (tertiary alicyclic amines) is 2. The summed E-state index contributed by atoms with van der Waals surface area (Å²) in [6.45, 7) is 8.11. The fourth-order valence-corrected chi connectivity index (χ4v) is 5.61. The summed E-state index contributed by atoms with van der Waals surface area (Å²) in [6, 6.07) is 7.60. The van der Waals surface area contributed by atoms with Crippen molar-refractivity contribution in [3.05, 3.63) is 47.8 Å². The maximum absolute atomic E-state index is 13.6. The van der Waals surface area contributed by atoms with Crippen molar-refractivity contribution in [2.75, 3.05) is 33.3 Å². The van der Waals surface area contributed by atoms with Crippen molar-refractivity contribution >= 4 is 17.9 Å². The number of carbonyl (C=O) groups is 3. The van der Waals surface area contributed by atoms with Gasteiger partial charge in [0.15, 0.2) is 5.82 Å². The molecule has 0 N–H and O–H groups in total. The van der Waals surface area contributed by atoms with Crippen molar-refractivity contribution in [1.82, 2.24) is 24.7 Å². The second kappa shape index (κ2) is 12.1. The molecule has 2 aromatic rings. The minimum absolute atomic E-state index is 0.0186. The van der Waals surface area contributed by atoms with E-state index in [1.807, 2.05) is 42.7 Å². The zero-order valence-electron chi connectivity index (χ0n) is 24.5. The predicted molar refractivity (Wildman–Crippen MR) is 153 cm³/mol. The summed E-state index contributed by atoms with van der Waals surface area (Å²) in [5.41, 5.74) is 1.35. The Kier molecular flexibility index (Phi) is 8.58. The molecular weight excluding hydrogens is 522 g/mol. The molecule has 0 unspecified atom stereocenters. The molecule has 1 saturated carbocycles. The van der Waals surface area contributed by atoms with E-state index in [2.05, 4.69) is 9.97 Å². The smallest absolute Gasteiger partial charge is 0.410 e. The average molecular weight is 564 g/mol. The van der Waals surface area contributed by atoms with Crippen LogP contribution in [0.4, 0.5) is 4.79 Å². The molecule has 0 atom stereocenters. The second-order valence-electron chi connectivity index (χ2n) is 12.2. The molecule has 10 heteroatoms. The number of rotatable bonds is 6. The summed E-state index contributed by atoms with van der Waals surface area (Å²) in [4.78, 5) is 53.5. The van der Waals surface area contributed by atoms with Crippen molar-refractivity contribution in [2.24, 2.45) is 0 Å². The Balaban J connectivity index is 1.19. The summed E-state index contributed by atoms with van der Waals surface area (Å²) in [6.07, 6.45) is 8.23. The largest absolute Gasteiger partial charge is 0.444 e. The Morgan fingerprint density at radius 3 is 1.90 bits per heavy atom. The molecule has 41 heavy (non-hydrogen) atoms. The van der Waals surface area contributed by atoms with Gasteiger partial charge in [-0.15, -0.1) is 0 Å². The zero-order valence-corrected chi connectivity index (χ0v) is 24.5. The highest BCUT2D eigenvalue weighted by Crippen LogP contribution is 2.33. The third kappa shape index (κ3) is 7.04. The highest BCUT2D eigenvalue weighted by molar-refractivity contribution is 5.95. The topological polar surface area (TPSA) is 105 Å². The Morgan fingerprint density at radius 2 is 1.37 bits per heavy atom. The van der Waals surface area contributed by atoms with Crippen molar-refractivity contribution in [2.45, 2.75) is 83.1 Å². The van der Waals surface area contributed by atoms with Gasteiger partial charge in [0, 0.05) is 68.9 Å². The van der Waals surface area contributed by atoms with Gasteiger partial charge in [-0.3, -0.25) is 9.59 Å². The number of benzene rings is 1. The molecule has 5 rings (SSSR count). The van der Waals surface area contributed by atoms with Gasteiger partial charge in [-0.05, 0) is 71.4 Å². The van der Waals surface area contributed by atoms with Crippen LogP contribution in [0.5, 0.6) is 0 Å². The van der Waals surface area contributed by atoms with Gasteiger partial charge >= 0.3 is 6.09 Å². The van der Waals surface area contributed by atoms with Crippen LogP contribution in [0, 0.1) is 0 Å². The number of piperidine rings is 2. The first-order chi connectivity index (χ1) is 19.6. The molecule has 3 amide bonds. The quantitative estimate of drug-likeness (QED) is 0.513. The van der Waals surface area contributed by atoms with Crippen LogP contribution in [0.2, 0.25) is 0 Å². The molecule has 3 fully saturated rings. The van der Waals surface area contributed by atoms with Crippen molar-refractivity contribution in [3.63, 3.8) is 0 Å². The standard InChI is InChI=1S/C31H41N5O5/c1-31(2,3)41-30(39)35-15-11-25(12-16-35)36(24-9-10-24)29(38)23-19-32-27(33-20-23)21-5-7-22(8-6-21)28(37)34-17-13-26(40-4)14-18-34/h5-8,19-20,24-26H,9-18H2,1-4H3. The molecule has 3 heterocycles. The van der Waals surface area contributed by atoms with Gasteiger partial charge in [-0.25, -0.2) is 14.8 Å². The molecule has 1 aliphatic carbocycles. The molecule has 1 aromatic carbocycles. The third-order valence-electron chi connectivity index (χ3n) is 8.04. The normalized spacial score (nSPS) is 18.7. The van der Waals surface area contributed by atoms with Gasteiger partial charge < -0.3 is 24.2 Å². The predicted octanol–water partition coefficient (Wildman–Crippen LogP) is 4.40. The lowest BCUT2D eigenvalue weighted by atomic mass is 10.0. The van der Waals surface area contributed by atoms with Crippen LogP contribution in [-0.4, -0.2) is 99.7 Å². The van der Waals surface area contributed by atoms with Crippen molar-refractivity contribution in [1.29, 1.82) is 0 Å². The molecule has 0 radical (unpaired) electrons. The van der Waals surface area contributed by atoms with Crippen LogP contribution >= 0.6 is 0 Å². The highest BCUT2D eigenvalue weighted by Gasteiger charge is 2.40. The highest BCUT2D eigenvalue weighted by atomic mass is 16.6. The van der Waals surface area contributed by atoms with Crippen LogP contribution in [-0.2, 0) is 9.47 Å². The number of ether oxygens (including phenoxy) is 2. The van der Waals surface area contributed by atoms with Crippen LogP contribution in [0.15, 0.2) is 36.7 Å². The van der Waals surface area contributed by atoms with E-state index in [9.17, 15) is 14.4 Å². The van der Waals surface area contributed by atoms with Crippen LogP contribution in [0.3, 0.4) is 0 Å². The maximum atomic E-state index is 13.6. The van der Waals surface area contributed by atoms with Crippen molar-refractivity contribution in [3.8, 4) is 11.4 Å². The number of amides is 3. The molecule has 2 aliphatic heterocycles. The van der Waals surface area contributed by atoms with E-state index >= 15 is 0 Å².